The highest BCUT2D eigenvalue weighted by atomic mass is 15.1. The Morgan fingerprint density at radius 3 is 0.719 bits per heavy atom. The van der Waals surface area contributed by atoms with Crippen molar-refractivity contribution < 1.29 is 22.8 Å². The van der Waals surface area contributed by atoms with Crippen LogP contribution in [-0.2, 0) is 35.2 Å². The van der Waals surface area contributed by atoms with Gasteiger partial charge in [0.15, 0.2) is 31.0 Å². The van der Waals surface area contributed by atoms with Gasteiger partial charge in [-0.2, -0.15) is 22.8 Å². The fourth-order valence-electron chi connectivity index (χ4n) is 22.2. The predicted molar refractivity (Wildman–Crippen MR) is 618 cm³/mol. The normalized spacial score (nSPS) is 11.4. The number of nitrogens with zero attached hydrogens (tertiary/aromatic N) is 10. The minimum Gasteiger partial charge on any atom is -0.308 e. The van der Waals surface area contributed by atoms with Crippen molar-refractivity contribution >= 4 is 0 Å². The molecule has 0 spiro atoms. The third-order valence-corrected chi connectivity index (χ3v) is 31.1. The maximum absolute atomic E-state index is 2.55. The monoisotopic (exact) mass is 1940 g/mol. The van der Waals surface area contributed by atoms with E-state index in [1.54, 1.807) is 0 Å². The van der Waals surface area contributed by atoms with Crippen LogP contribution < -0.4 is 22.8 Å². The van der Waals surface area contributed by atoms with Crippen LogP contribution in [0.15, 0.2) is 268 Å². The number of para-hydroxylation sites is 3. The molecule has 752 valence electrons. The highest BCUT2D eigenvalue weighted by Crippen LogP contribution is 2.47. The third kappa shape index (κ3) is 21.4. The van der Waals surface area contributed by atoms with Gasteiger partial charge in [-0.15, -0.1) is 0 Å². The Kier molecular flexibility index (Phi) is 33.1. The Hall–Kier alpha value is -14.1. The average Bonchev–Trinajstić information content (AvgIpc) is 1.59. The lowest BCUT2D eigenvalue weighted by molar-refractivity contribution is -0.661. The van der Waals surface area contributed by atoms with E-state index in [0.29, 0.717) is 29.6 Å². The minimum absolute atomic E-state index is 0.401. The first-order valence-corrected chi connectivity index (χ1v) is 52.8. The van der Waals surface area contributed by atoms with Gasteiger partial charge in [-0.3, -0.25) is 0 Å². The largest absolute Gasteiger partial charge is 0.308 e. The molecule has 0 unspecified atom stereocenters. The topological polar surface area (TPSA) is 44.0 Å². The van der Waals surface area contributed by atoms with Gasteiger partial charge in [0.05, 0.1) is 22.7 Å². The summed E-state index contributed by atoms with van der Waals surface area (Å²) in [7, 11) is 10.7. The first-order valence-electron chi connectivity index (χ1n) is 52.8. The molecule has 0 N–H and O–H groups in total. The summed E-state index contributed by atoms with van der Waals surface area (Å²) in [5.41, 5.74) is 64.2. The third-order valence-electron chi connectivity index (χ3n) is 31.1. The van der Waals surface area contributed by atoms with E-state index in [-0.39, 0.29) is 0 Å². The second-order valence-electron chi connectivity index (χ2n) is 43.3. The van der Waals surface area contributed by atoms with E-state index in [4.69, 9.17) is 0 Å². The SMILES string of the molecule is Cc1cc(C)c(-n2c(C)c(C)c(C)c2-c2ccc(C)c[n+]2C)c(C)c1.Cc1ccc(-c2c(C)c(C)c(C)n2-c2c(-c3ccccc3)cccc2-c2ccccc2)[n+](C)c1.Cc1ccc(-c2c(C)c(C)c(C)n2-c2c(C(C)C)cc(-c3ccccc3)cc2C(C)C)[n+](C)c1.Cc1ccc(-c2c(C)c(C)c(C)n2-c2c(C(C)C)cccc2C(C)C)[n+](C)c1.Cc1ccc(-c2c(C)c(C)c(C)n2-c2ccccc2C(C)C)[n+](C)c1. The number of hydrogen-bond acceptors (Lipinski definition) is 0. The maximum Gasteiger partial charge on any atom is 0.229 e. The zero-order valence-electron chi connectivity index (χ0n) is 95.3. The van der Waals surface area contributed by atoms with Gasteiger partial charge in [-0.25, -0.2) is 0 Å². The van der Waals surface area contributed by atoms with Gasteiger partial charge in [-0.1, -0.05) is 233 Å². The standard InChI is InChI=1S/C32H31N2.C32H39N2.C26H35N2.2C23H29N2/c1-22-19-20-30(33(5)21-22)31-24(3)23(2)25(4)34(31)32-28(26-13-8-6-9-14-26)17-12-18-29(32)27-15-10-7-11-16-27;1-20(2)28-17-27(26-13-11-10-12-14-26)18-29(21(3)4)32(28)34-25(8)23(6)24(7)31(34)30-16-15-22(5)19-33(30)9;1-16(2)22-11-10-12-23(17(3)4)26(22)28-21(8)19(6)20(7)25(28)24-14-13-18(5)15-27(24)9;1-14-9-10-21(24(8)13-14)23-19(6)18(5)20(7)25(23)22-16(3)11-15(2)12-17(22)4;1-15(2)20-10-8-9-11-21(20)25-19(6)17(4)18(5)23(25)22-13-12-16(3)14-24(22)7/h6-21H,1-5H3;10-21H,1-9H3;10-17H,1-9H3;9-13H,1-8H3;8-15H,1-7H3/q5*+1. The van der Waals surface area contributed by atoms with Crippen LogP contribution in [0, 0.1) is 159 Å². The van der Waals surface area contributed by atoms with Gasteiger partial charge in [0.1, 0.15) is 63.7 Å². The van der Waals surface area contributed by atoms with E-state index in [9.17, 15) is 0 Å². The second-order valence-corrected chi connectivity index (χ2v) is 43.3. The Morgan fingerprint density at radius 1 is 0.185 bits per heavy atom. The molecule has 10 heteroatoms. The van der Waals surface area contributed by atoms with Crippen LogP contribution >= 0.6 is 0 Å². The minimum atomic E-state index is 0.401. The van der Waals surface area contributed by atoms with Gasteiger partial charge in [0, 0.05) is 103 Å². The number of benzene rings is 8. The Labute approximate surface area is 875 Å². The molecule has 10 heterocycles. The highest BCUT2D eigenvalue weighted by molar-refractivity contribution is 5.88. The molecule has 0 fully saturated rings. The molecule has 10 nitrogen and oxygen atoms in total. The van der Waals surface area contributed by atoms with E-state index in [0.717, 1.165) is 0 Å². The molecule has 8 aromatic carbocycles. The molecule has 0 bridgehead atoms. The average molecular weight is 1940 g/mol. The second kappa shape index (κ2) is 44.9. The molecular formula is C136H163N10+5. The Balaban J connectivity index is 0.000000145. The molecule has 18 aromatic rings. The molecule has 0 amide bonds. The van der Waals surface area contributed by atoms with Crippen molar-refractivity contribution in [1.29, 1.82) is 0 Å². The molecule has 0 radical (unpaired) electrons. The first kappa shape index (κ1) is 108. The molecule has 18 rings (SSSR count). The molecule has 0 atom stereocenters. The van der Waals surface area contributed by atoms with Crippen LogP contribution in [0.4, 0.5) is 0 Å². The van der Waals surface area contributed by atoms with Gasteiger partial charge >= 0.3 is 0 Å². The molecule has 0 aliphatic rings. The van der Waals surface area contributed by atoms with Crippen molar-refractivity contribution in [3.05, 3.63) is 424 Å². The zero-order chi connectivity index (χ0) is 106. The van der Waals surface area contributed by atoms with Gasteiger partial charge < -0.3 is 22.8 Å². The van der Waals surface area contributed by atoms with Crippen LogP contribution in [0.1, 0.15) is 255 Å². The number of aryl methyl sites for hydroxylation is 13. The fraction of sp³-hybridized carbons (Fsp3) is 0.316. The lowest BCUT2D eigenvalue weighted by atomic mass is 9.88. The summed E-state index contributed by atoms with van der Waals surface area (Å²) in [6.07, 6.45) is 11.0. The Morgan fingerprint density at radius 2 is 0.425 bits per heavy atom. The molecule has 0 aliphatic heterocycles. The summed E-state index contributed by atoms with van der Waals surface area (Å²) in [6.45, 7) is 74.1. The van der Waals surface area contributed by atoms with E-state index >= 15 is 0 Å². The smallest absolute Gasteiger partial charge is 0.229 e. The van der Waals surface area contributed by atoms with Crippen molar-refractivity contribution in [1.82, 2.24) is 22.8 Å². The summed E-state index contributed by atoms with van der Waals surface area (Å²) in [5.74, 6) is 2.22. The highest BCUT2D eigenvalue weighted by Gasteiger charge is 2.34. The van der Waals surface area contributed by atoms with Gasteiger partial charge in [-0.05, 0) is 354 Å². The first-order chi connectivity index (χ1) is 69.3. The van der Waals surface area contributed by atoms with Crippen LogP contribution in [-0.4, -0.2) is 22.8 Å². The maximum atomic E-state index is 2.55. The lowest BCUT2D eigenvalue weighted by Crippen LogP contribution is -2.32. The van der Waals surface area contributed by atoms with Crippen LogP contribution in [0.3, 0.4) is 0 Å². The van der Waals surface area contributed by atoms with Crippen LogP contribution in [0.25, 0.3) is 119 Å². The molecule has 0 saturated heterocycles. The van der Waals surface area contributed by atoms with Crippen molar-refractivity contribution in [2.45, 2.75) is 258 Å². The summed E-state index contributed by atoms with van der Waals surface area (Å²) < 4.78 is 23.7. The van der Waals surface area contributed by atoms with E-state index in [2.05, 4.69) is 577 Å². The molecule has 146 heavy (non-hydrogen) atoms. The molecule has 0 saturated carbocycles. The van der Waals surface area contributed by atoms with Crippen molar-refractivity contribution in [3.8, 4) is 119 Å². The zero-order valence-corrected chi connectivity index (χ0v) is 95.3. The number of aromatic nitrogens is 10. The summed E-state index contributed by atoms with van der Waals surface area (Å²) in [4.78, 5) is 0. The van der Waals surface area contributed by atoms with Gasteiger partial charge in [0.2, 0.25) is 28.5 Å². The summed E-state index contributed by atoms with van der Waals surface area (Å²) >= 11 is 0. The van der Waals surface area contributed by atoms with Crippen molar-refractivity contribution in [3.63, 3.8) is 0 Å². The van der Waals surface area contributed by atoms with Crippen LogP contribution in [0.5, 0.6) is 0 Å². The molecule has 0 aliphatic carbocycles. The molecular weight excluding hydrogens is 1770 g/mol. The summed E-state index contributed by atoms with van der Waals surface area (Å²) in [6, 6.07) is 86.3. The van der Waals surface area contributed by atoms with Crippen molar-refractivity contribution in [2.24, 2.45) is 35.2 Å². The number of rotatable bonds is 18. The summed E-state index contributed by atoms with van der Waals surface area (Å²) in [5, 5.41) is 0. The van der Waals surface area contributed by atoms with E-state index in [1.165, 1.54) is 275 Å². The number of pyridine rings is 5. The fourth-order valence-corrected chi connectivity index (χ4v) is 22.2. The van der Waals surface area contributed by atoms with E-state index in [1.807, 2.05) is 0 Å². The Bertz CT molecular complexity index is 7730. The number of hydrogen-bond donors (Lipinski definition) is 0. The van der Waals surface area contributed by atoms with Crippen LogP contribution in [0.2, 0.25) is 0 Å². The van der Waals surface area contributed by atoms with Crippen molar-refractivity contribution in [2.75, 3.05) is 0 Å². The van der Waals surface area contributed by atoms with Gasteiger partial charge in [0.25, 0.3) is 0 Å². The lowest BCUT2D eigenvalue weighted by Gasteiger charge is -2.25. The quantitative estimate of drug-likeness (QED) is 0.0769. The van der Waals surface area contributed by atoms with E-state index < -0.39 is 0 Å². The molecule has 10 aromatic heterocycles. The predicted octanol–water partition coefficient (Wildman–Crippen LogP) is 32.6.